The maximum absolute atomic E-state index is 11.6. The summed E-state index contributed by atoms with van der Waals surface area (Å²) in [5.41, 5.74) is 2.35. The van der Waals surface area contributed by atoms with Crippen molar-refractivity contribution in [3.05, 3.63) is 48.0 Å². The summed E-state index contributed by atoms with van der Waals surface area (Å²) < 4.78 is 6.26. The van der Waals surface area contributed by atoms with E-state index in [1.54, 1.807) is 6.21 Å². The first-order valence-electron chi connectivity index (χ1n) is 5.80. The van der Waals surface area contributed by atoms with E-state index in [4.69, 9.17) is 39.5 Å². The molecule has 2 aromatic rings. The third kappa shape index (κ3) is 5.14. The maximum atomic E-state index is 11.6. The van der Waals surface area contributed by atoms with E-state index in [0.717, 1.165) is 8.66 Å². The molecule has 1 N–H and O–H groups in total. The Balaban J connectivity index is 1.85. The van der Waals surface area contributed by atoms with Crippen LogP contribution in [0.5, 0.6) is 5.75 Å². The molecule has 0 radical (unpaired) electrons. The van der Waals surface area contributed by atoms with E-state index in [0.29, 0.717) is 10.0 Å². The molecule has 0 aliphatic rings. The molecule has 0 bridgehead atoms. The lowest BCUT2D eigenvalue weighted by molar-refractivity contribution is -0.123. The van der Waals surface area contributed by atoms with Crippen LogP contribution in [0.15, 0.2) is 33.2 Å². The number of rotatable bonds is 5. The van der Waals surface area contributed by atoms with E-state index in [1.165, 1.54) is 23.5 Å². The Morgan fingerprint density at radius 1 is 1.27 bits per heavy atom. The average molecular weight is 443 g/mol. The van der Waals surface area contributed by atoms with E-state index >= 15 is 0 Å². The van der Waals surface area contributed by atoms with E-state index in [1.807, 2.05) is 12.1 Å². The molecule has 116 valence electrons. The van der Waals surface area contributed by atoms with Crippen molar-refractivity contribution in [3.63, 3.8) is 0 Å². The van der Waals surface area contributed by atoms with E-state index in [9.17, 15) is 4.79 Å². The van der Waals surface area contributed by atoms with Gasteiger partial charge in [-0.15, -0.1) is 11.3 Å². The number of nitrogens with one attached hydrogen (secondary N) is 1. The number of hydrogen-bond acceptors (Lipinski definition) is 4. The van der Waals surface area contributed by atoms with E-state index in [-0.39, 0.29) is 17.4 Å². The molecular weight excluding hydrogens is 434 g/mol. The summed E-state index contributed by atoms with van der Waals surface area (Å²) >= 11 is 22.4. The van der Waals surface area contributed by atoms with Gasteiger partial charge < -0.3 is 4.74 Å². The van der Waals surface area contributed by atoms with Crippen LogP contribution < -0.4 is 10.2 Å². The summed E-state index contributed by atoms with van der Waals surface area (Å²) in [6.07, 6.45) is 1.54. The molecule has 4 nitrogen and oxygen atoms in total. The number of carbonyl (C=O) groups excluding carboxylic acids is 1. The molecule has 0 fully saturated rings. The van der Waals surface area contributed by atoms with Crippen molar-refractivity contribution < 1.29 is 9.53 Å². The molecule has 0 aliphatic carbocycles. The smallest absolute Gasteiger partial charge is 0.277 e. The quantitative estimate of drug-likeness (QED) is 0.403. The molecule has 0 saturated heterocycles. The molecule has 0 aliphatic heterocycles. The Bertz CT molecular complexity index is 721. The highest BCUT2D eigenvalue weighted by Crippen LogP contribution is 2.33. The van der Waals surface area contributed by atoms with Gasteiger partial charge in [0, 0.05) is 10.9 Å². The molecule has 1 aromatic heterocycles. The highest BCUT2D eigenvalue weighted by atomic mass is 79.9. The Morgan fingerprint density at radius 3 is 2.68 bits per heavy atom. The fourth-order valence-corrected chi connectivity index (χ4v) is 3.24. The molecule has 22 heavy (non-hydrogen) atoms. The Hall–Kier alpha value is -0.790. The molecule has 2 rings (SSSR count). The van der Waals surface area contributed by atoms with Gasteiger partial charge in [-0.3, -0.25) is 4.79 Å². The van der Waals surface area contributed by atoms with Gasteiger partial charge in [-0.1, -0.05) is 34.8 Å². The highest BCUT2D eigenvalue weighted by Gasteiger charge is 2.09. The number of thiophene rings is 1. The van der Waals surface area contributed by atoms with Crippen LogP contribution in [0.3, 0.4) is 0 Å². The maximum Gasteiger partial charge on any atom is 0.277 e. The normalized spacial score (nSPS) is 10.9. The van der Waals surface area contributed by atoms with Crippen molar-refractivity contribution in [2.45, 2.75) is 0 Å². The summed E-state index contributed by atoms with van der Waals surface area (Å²) in [5.74, 6) is -0.147. The van der Waals surface area contributed by atoms with Crippen molar-refractivity contribution in [3.8, 4) is 5.75 Å². The monoisotopic (exact) mass is 440 g/mol. The zero-order chi connectivity index (χ0) is 16.1. The van der Waals surface area contributed by atoms with Crippen molar-refractivity contribution in [2.24, 2.45) is 5.10 Å². The molecule has 1 amide bonds. The van der Waals surface area contributed by atoms with Crippen molar-refractivity contribution in [1.82, 2.24) is 5.43 Å². The van der Waals surface area contributed by atoms with Crippen LogP contribution in [-0.4, -0.2) is 18.7 Å². The largest absolute Gasteiger partial charge is 0.482 e. The van der Waals surface area contributed by atoms with Gasteiger partial charge >= 0.3 is 0 Å². The lowest BCUT2D eigenvalue weighted by atomic mass is 10.3. The second-order valence-electron chi connectivity index (χ2n) is 3.92. The number of ether oxygens (including phenoxy) is 1. The van der Waals surface area contributed by atoms with Crippen LogP contribution in [-0.2, 0) is 4.79 Å². The number of benzene rings is 1. The third-order valence-corrected chi connectivity index (χ3v) is 4.88. The molecule has 0 saturated carbocycles. The molecule has 0 spiro atoms. The summed E-state index contributed by atoms with van der Waals surface area (Å²) in [4.78, 5) is 12.5. The van der Waals surface area contributed by atoms with Gasteiger partial charge in [0.2, 0.25) is 0 Å². The van der Waals surface area contributed by atoms with Crippen LogP contribution in [0.2, 0.25) is 15.1 Å². The van der Waals surface area contributed by atoms with Crippen LogP contribution in [0.4, 0.5) is 0 Å². The molecular formula is C13H8BrCl3N2O2S. The number of halogens is 4. The second-order valence-corrected chi connectivity index (χ2v) is 7.64. The highest BCUT2D eigenvalue weighted by molar-refractivity contribution is 9.11. The molecule has 0 unspecified atom stereocenters. The average Bonchev–Trinajstić information content (AvgIpc) is 2.87. The van der Waals surface area contributed by atoms with Crippen LogP contribution in [0, 0.1) is 0 Å². The van der Waals surface area contributed by atoms with Crippen molar-refractivity contribution in [1.29, 1.82) is 0 Å². The first-order valence-corrected chi connectivity index (χ1v) is 8.54. The van der Waals surface area contributed by atoms with Crippen LogP contribution in [0.25, 0.3) is 0 Å². The minimum atomic E-state index is -0.422. The Labute approximate surface area is 154 Å². The number of hydrogen-bond donors (Lipinski definition) is 1. The second kappa shape index (κ2) is 8.17. The SMILES string of the molecule is O=C(COc1cc(Cl)c(Cl)cc1Cl)NN=Cc1ccc(Br)s1. The van der Waals surface area contributed by atoms with Gasteiger partial charge in [0.05, 0.1) is 25.1 Å². The first-order chi connectivity index (χ1) is 10.5. The van der Waals surface area contributed by atoms with Gasteiger partial charge in [0.15, 0.2) is 6.61 Å². The lowest BCUT2D eigenvalue weighted by Gasteiger charge is -2.08. The van der Waals surface area contributed by atoms with Gasteiger partial charge in [0.25, 0.3) is 5.91 Å². The minimum absolute atomic E-state index is 0.247. The van der Waals surface area contributed by atoms with Gasteiger partial charge in [0.1, 0.15) is 5.75 Å². The van der Waals surface area contributed by atoms with Crippen molar-refractivity contribution in [2.75, 3.05) is 6.61 Å². The lowest BCUT2D eigenvalue weighted by Crippen LogP contribution is -2.24. The predicted molar refractivity (Wildman–Crippen MR) is 94.7 cm³/mol. The first kappa shape index (κ1) is 17.6. The van der Waals surface area contributed by atoms with Gasteiger partial charge in [-0.25, -0.2) is 5.43 Å². The minimum Gasteiger partial charge on any atom is -0.482 e. The summed E-state index contributed by atoms with van der Waals surface area (Å²) in [6.45, 7) is -0.247. The van der Waals surface area contributed by atoms with E-state index in [2.05, 4.69) is 26.5 Å². The predicted octanol–water partition coefficient (Wildman–Crippen LogP) is 5.00. The fourth-order valence-electron chi connectivity index (χ4n) is 1.36. The molecule has 0 atom stereocenters. The van der Waals surface area contributed by atoms with Crippen LogP contribution in [0.1, 0.15) is 4.88 Å². The number of hydrazone groups is 1. The Morgan fingerprint density at radius 2 is 2.00 bits per heavy atom. The molecule has 1 heterocycles. The molecule has 9 heteroatoms. The fraction of sp³-hybridized carbons (Fsp3) is 0.0769. The summed E-state index contributed by atoms with van der Waals surface area (Å²) in [7, 11) is 0. The summed E-state index contributed by atoms with van der Waals surface area (Å²) in [5, 5.41) is 4.71. The Kier molecular flexibility index (Phi) is 6.52. The number of amides is 1. The third-order valence-electron chi connectivity index (χ3n) is 2.31. The van der Waals surface area contributed by atoms with Gasteiger partial charge in [-0.2, -0.15) is 5.10 Å². The molecule has 1 aromatic carbocycles. The van der Waals surface area contributed by atoms with Gasteiger partial charge in [-0.05, 0) is 34.1 Å². The zero-order valence-corrected chi connectivity index (χ0v) is 15.4. The van der Waals surface area contributed by atoms with Crippen LogP contribution >= 0.6 is 62.1 Å². The summed E-state index contributed by atoms with van der Waals surface area (Å²) in [6, 6.07) is 6.66. The topological polar surface area (TPSA) is 50.7 Å². The number of nitrogens with zero attached hydrogens (tertiary/aromatic N) is 1. The van der Waals surface area contributed by atoms with Crippen molar-refractivity contribution >= 4 is 74.2 Å². The zero-order valence-electron chi connectivity index (χ0n) is 10.8. The standard InChI is InChI=1S/C13H8BrCl3N2O2S/c14-12-2-1-7(22-12)5-18-19-13(20)6-21-11-4-9(16)8(15)3-10(11)17/h1-5H,6H2,(H,19,20). The van der Waals surface area contributed by atoms with E-state index < -0.39 is 5.91 Å². The number of carbonyl (C=O) groups is 1.